The maximum Gasteiger partial charge on any atom is 0.220 e. The second-order valence-corrected chi connectivity index (χ2v) is 5.65. The molecule has 1 atom stereocenters. The van der Waals surface area contributed by atoms with Crippen molar-refractivity contribution in [3.8, 4) is 0 Å². The van der Waals surface area contributed by atoms with Gasteiger partial charge in [-0.15, -0.1) is 0 Å². The maximum absolute atomic E-state index is 11.7. The first kappa shape index (κ1) is 14.0. The number of hydrogen-bond acceptors (Lipinski definition) is 3. The smallest absolute Gasteiger partial charge is 0.220 e. The molecule has 3 N–H and O–H groups in total. The molecule has 3 rings (SSSR count). The Morgan fingerprint density at radius 1 is 1.24 bits per heavy atom. The fourth-order valence-corrected chi connectivity index (χ4v) is 2.57. The number of nitrogens with one attached hydrogen (secondary N) is 2. The zero-order chi connectivity index (χ0) is 14.7. The van der Waals surface area contributed by atoms with E-state index in [9.17, 15) is 9.90 Å². The maximum atomic E-state index is 11.7. The summed E-state index contributed by atoms with van der Waals surface area (Å²) in [6, 6.07) is 13.9. The van der Waals surface area contributed by atoms with Gasteiger partial charge in [-0.25, -0.2) is 0 Å². The van der Waals surface area contributed by atoms with E-state index in [0.717, 1.165) is 29.4 Å². The summed E-state index contributed by atoms with van der Waals surface area (Å²) in [7, 11) is 0. The van der Waals surface area contributed by atoms with Gasteiger partial charge in [0, 0.05) is 13.0 Å². The van der Waals surface area contributed by atoms with E-state index in [4.69, 9.17) is 0 Å². The second kappa shape index (κ2) is 6.24. The van der Waals surface area contributed by atoms with Gasteiger partial charge in [-0.2, -0.15) is 0 Å². The minimum absolute atomic E-state index is 0.0151. The number of aliphatic hydroxyl groups is 1. The predicted molar refractivity (Wildman–Crippen MR) is 82.9 cm³/mol. The van der Waals surface area contributed by atoms with Crippen LogP contribution in [0, 0.1) is 5.92 Å². The molecule has 0 spiro atoms. The molecule has 0 aromatic heterocycles. The van der Waals surface area contributed by atoms with Gasteiger partial charge in [0.05, 0.1) is 6.10 Å². The van der Waals surface area contributed by atoms with Gasteiger partial charge in [0.15, 0.2) is 0 Å². The van der Waals surface area contributed by atoms with Crippen LogP contribution in [0.1, 0.15) is 18.1 Å². The van der Waals surface area contributed by atoms with E-state index in [1.54, 1.807) is 0 Å². The number of aliphatic hydroxyl groups excluding tert-OH is 1. The molecule has 4 heteroatoms. The van der Waals surface area contributed by atoms with Gasteiger partial charge in [-0.05, 0) is 41.4 Å². The number of amides is 1. The highest BCUT2D eigenvalue weighted by atomic mass is 16.3. The summed E-state index contributed by atoms with van der Waals surface area (Å²) in [5.41, 5.74) is 0.833. The molecule has 0 bridgehead atoms. The van der Waals surface area contributed by atoms with E-state index in [2.05, 4.69) is 10.6 Å². The summed E-state index contributed by atoms with van der Waals surface area (Å²) in [4.78, 5) is 11.7. The normalized spacial score (nSPS) is 16.4. The van der Waals surface area contributed by atoms with Crippen LogP contribution in [-0.2, 0) is 4.79 Å². The first-order chi connectivity index (χ1) is 10.2. The van der Waals surface area contributed by atoms with Gasteiger partial charge in [0.25, 0.3) is 0 Å². The SMILES string of the molecule is O=C(CC1CNC1)NCC(O)c1ccc2ccccc2c1. The number of hydrogen-bond donors (Lipinski definition) is 3. The van der Waals surface area contributed by atoms with Crippen LogP contribution in [0.4, 0.5) is 0 Å². The summed E-state index contributed by atoms with van der Waals surface area (Å²) >= 11 is 0. The lowest BCUT2D eigenvalue weighted by molar-refractivity contribution is -0.122. The van der Waals surface area contributed by atoms with Crippen LogP contribution in [0.25, 0.3) is 10.8 Å². The number of fused-ring (bicyclic) bond motifs is 1. The molecule has 1 aliphatic heterocycles. The number of carbonyl (C=O) groups excluding carboxylic acids is 1. The fourth-order valence-electron chi connectivity index (χ4n) is 2.57. The highest BCUT2D eigenvalue weighted by Gasteiger charge is 2.20. The number of rotatable bonds is 5. The Kier molecular flexibility index (Phi) is 4.18. The van der Waals surface area contributed by atoms with Crippen molar-refractivity contribution < 1.29 is 9.90 Å². The molecular weight excluding hydrogens is 264 g/mol. The molecule has 4 nitrogen and oxygen atoms in total. The van der Waals surface area contributed by atoms with Gasteiger partial charge < -0.3 is 15.7 Å². The van der Waals surface area contributed by atoms with E-state index < -0.39 is 6.10 Å². The molecule has 1 saturated heterocycles. The summed E-state index contributed by atoms with van der Waals surface area (Å²) in [6.45, 7) is 2.10. The summed E-state index contributed by atoms with van der Waals surface area (Å²) in [5, 5.41) is 18.4. The Morgan fingerprint density at radius 2 is 2.00 bits per heavy atom. The highest BCUT2D eigenvalue weighted by Crippen LogP contribution is 2.20. The molecular formula is C17H20N2O2. The molecule has 0 aliphatic carbocycles. The zero-order valence-corrected chi connectivity index (χ0v) is 11.9. The molecule has 0 saturated carbocycles. The largest absolute Gasteiger partial charge is 0.387 e. The van der Waals surface area contributed by atoms with Crippen LogP contribution < -0.4 is 10.6 Å². The average Bonchev–Trinajstić information content (AvgIpc) is 2.48. The molecule has 21 heavy (non-hydrogen) atoms. The van der Waals surface area contributed by atoms with Gasteiger partial charge in [0.2, 0.25) is 5.91 Å². The third-order valence-corrected chi connectivity index (χ3v) is 3.99. The highest BCUT2D eigenvalue weighted by molar-refractivity contribution is 5.83. The van der Waals surface area contributed by atoms with E-state index >= 15 is 0 Å². The van der Waals surface area contributed by atoms with Crippen molar-refractivity contribution in [2.45, 2.75) is 12.5 Å². The van der Waals surface area contributed by atoms with Crippen LogP contribution in [0.5, 0.6) is 0 Å². The Hall–Kier alpha value is -1.91. The van der Waals surface area contributed by atoms with Crippen LogP contribution in [-0.4, -0.2) is 30.6 Å². The second-order valence-electron chi connectivity index (χ2n) is 5.65. The minimum atomic E-state index is -0.668. The monoisotopic (exact) mass is 284 g/mol. The standard InChI is InChI=1S/C17H20N2O2/c20-16(11-19-17(21)7-12-9-18-10-12)15-6-5-13-3-1-2-4-14(13)8-15/h1-6,8,12,16,18,20H,7,9-11H2,(H,19,21). The molecule has 1 fully saturated rings. The average molecular weight is 284 g/mol. The molecule has 0 radical (unpaired) electrons. The number of carbonyl (C=O) groups is 1. The third-order valence-electron chi connectivity index (χ3n) is 3.99. The summed E-state index contributed by atoms with van der Waals surface area (Å²) in [6.07, 6.45) is -0.129. The van der Waals surface area contributed by atoms with Crippen molar-refractivity contribution in [3.05, 3.63) is 48.0 Å². The Bertz CT molecular complexity index is 637. The Balaban J connectivity index is 1.58. The Labute approximate surface area is 124 Å². The van der Waals surface area contributed by atoms with E-state index in [1.807, 2.05) is 42.5 Å². The summed E-state index contributed by atoms with van der Waals surface area (Å²) < 4.78 is 0. The van der Waals surface area contributed by atoms with Crippen molar-refractivity contribution in [1.82, 2.24) is 10.6 Å². The van der Waals surface area contributed by atoms with Gasteiger partial charge in [-0.1, -0.05) is 36.4 Å². The quantitative estimate of drug-likeness (QED) is 0.781. The lowest BCUT2D eigenvalue weighted by Gasteiger charge is -2.26. The van der Waals surface area contributed by atoms with Crippen molar-refractivity contribution in [3.63, 3.8) is 0 Å². The van der Waals surface area contributed by atoms with Crippen LogP contribution >= 0.6 is 0 Å². The number of benzene rings is 2. The molecule has 110 valence electrons. The Morgan fingerprint density at radius 3 is 2.71 bits per heavy atom. The van der Waals surface area contributed by atoms with Crippen molar-refractivity contribution in [1.29, 1.82) is 0 Å². The lowest BCUT2D eigenvalue weighted by atomic mass is 9.99. The van der Waals surface area contributed by atoms with Gasteiger partial charge in [0.1, 0.15) is 0 Å². The van der Waals surface area contributed by atoms with Crippen LogP contribution in [0.2, 0.25) is 0 Å². The minimum Gasteiger partial charge on any atom is -0.387 e. The summed E-state index contributed by atoms with van der Waals surface area (Å²) in [5.74, 6) is 0.462. The first-order valence-electron chi connectivity index (χ1n) is 7.36. The third kappa shape index (κ3) is 3.40. The van der Waals surface area contributed by atoms with Crippen LogP contribution in [0.3, 0.4) is 0 Å². The first-order valence-corrected chi connectivity index (χ1v) is 7.36. The van der Waals surface area contributed by atoms with Crippen molar-refractivity contribution >= 4 is 16.7 Å². The molecule has 1 unspecified atom stereocenters. The topological polar surface area (TPSA) is 61.4 Å². The van der Waals surface area contributed by atoms with Gasteiger partial charge in [-0.3, -0.25) is 4.79 Å². The van der Waals surface area contributed by atoms with E-state index in [0.29, 0.717) is 12.3 Å². The predicted octanol–water partition coefficient (Wildman–Crippen LogP) is 1.60. The van der Waals surface area contributed by atoms with Crippen molar-refractivity contribution in [2.24, 2.45) is 5.92 Å². The van der Waals surface area contributed by atoms with E-state index in [-0.39, 0.29) is 12.5 Å². The molecule has 1 amide bonds. The van der Waals surface area contributed by atoms with Crippen LogP contribution in [0.15, 0.2) is 42.5 Å². The lowest BCUT2D eigenvalue weighted by Crippen LogP contribution is -2.44. The van der Waals surface area contributed by atoms with Crippen molar-refractivity contribution in [2.75, 3.05) is 19.6 Å². The molecule has 2 aromatic carbocycles. The zero-order valence-electron chi connectivity index (χ0n) is 11.9. The molecule has 1 aliphatic rings. The molecule has 1 heterocycles. The molecule has 2 aromatic rings. The van der Waals surface area contributed by atoms with Gasteiger partial charge >= 0.3 is 0 Å². The van der Waals surface area contributed by atoms with E-state index in [1.165, 1.54) is 0 Å². The fraction of sp³-hybridized carbons (Fsp3) is 0.353.